The normalized spacial score (nSPS) is 10.5. The third-order valence-corrected chi connectivity index (χ3v) is 3.55. The molecule has 116 valence electrons. The molecule has 0 N–H and O–H groups in total. The van der Waals surface area contributed by atoms with E-state index in [-0.39, 0.29) is 5.78 Å². The molecule has 0 fully saturated rings. The molecule has 0 radical (unpaired) electrons. The van der Waals surface area contributed by atoms with Crippen LogP contribution >= 0.6 is 0 Å². The molecular weight excluding hydrogens is 276 g/mol. The number of carbonyl (C=O) groups is 1. The van der Waals surface area contributed by atoms with Gasteiger partial charge in [-0.2, -0.15) is 0 Å². The van der Waals surface area contributed by atoms with E-state index in [0.717, 1.165) is 16.9 Å². The van der Waals surface area contributed by atoms with Crippen molar-refractivity contribution in [1.29, 1.82) is 0 Å². The van der Waals surface area contributed by atoms with Gasteiger partial charge in [-0.15, -0.1) is 0 Å². The Bertz CT molecular complexity index is 630. The van der Waals surface area contributed by atoms with Gasteiger partial charge in [-0.25, -0.2) is 0 Å². The molecule has 2 aromatic carbocycles. The van der Waals surface area contributed by atoms with Gasteiger partial charge in [0.15, 0.2) is 5.78 Å². The van der Waals surface area contributed by atoms with E-state index in [0.29, 0.717) is 25.2 Å². The Morgan fingerprint density at radius 2 is 1.77 bits per heavy atom. The second-order valence-corrected chi connectivity index (χ2v) is 5.42. The quantitative estimate of drug-likeness (QED) is 0.722. The third kappa shape index (κ3) is 4.43. The minimum Gasteiger partial charge on any atom is -0.489 e. The van der Waals surface area contributed by atoms with Gasteiger partial charge in [-0.05, 0) is 43.2 Å². The summed E-state index contributed by atoms with van der Waals surface area (Å²) in [5.74, 6) is 0.902. The molecule has 22 heavy (non-hydrogen) atoms. The molecule has 0 bridgehead atoms. The fourth-order valence-electron chi connectivity index (χ4n) is 2.17. The summed E-state index contributed by atoms with van der Waals surface area (Å²) in [5.41, 5.74) is 4.04. The Morgan fingerprint density at radius 3 is 2.41 bits per heavy atom. The highest BCUT2D eigenvalue weighted by Crippen LogP contribution is 2.21. The first-order valence-corrected chi connectivity index (χ1v) is 7.41. The summed E-state index contributed by atoms with van der Waals surface area (Å²) in [6.07, 6.45) is 0.402. The number of benzene rings is 2. The van der Waals surface area contributed by atoms with Crippen LogP contribution in [0.4, 0.5) is 0 Å². The van der Waals surface area contributed by atoms with Crippen LogP contribution in [0.1, 0.15) is 33.5 Å². The molecule has 0 saturated heterocycles. The number of hydrogen-bond donors (Lipinski definition) is 0. The van der Waals surface area contributed by atoms with Crippen molar-refractivity contribution in [3.8, 4) is 5.75 Å². The Balaban J connectivity index is 2.00. The lowest BCUT2D eigenvalue weighted by Gasteiger charge is -2.11. The van der Waals surface area contributed by atoms with Crippen molar-refractivity contribution in [2.24, 2.45) is 0 Å². The molecule has 0 aliphatic rings. The Kier molecular flexibility index (Phi) is 5.73. The Morgan fingerprint density at radius 1 is 1.05 bits per heavy atom. The number of Topliss-reactive ketones (excluding diaryl/α,β-unsaturated/α-hetero) is 1. The maximum absolute atomic E-state index is 12.0. The van der Waals surface area contributed by atoms with Gasteiger partial charge >= 0.3 is 0 Å². The fourth-order valence-corrected chi connectivity index (χ4v) is 2.17. The van der Waals surface area contributed by atoms with Crippen molar-refractivity contribution in [3.63, 3.8) is 0 Å². The number of hydrogen-bond acceptors (Lipinski definition) is 3. The Labute approximate surface area is 131 Å². The number of ether oxygens (including phenoxy) is 2. The van der Waals surface area contributed by atoms with E-state index in [4.69, 9.17) is 9.47 Å². The van der Waals surface area contributed by atoms with Crippen molar-refractivity contribution in [2.45, 2.75) is 26.9 Å². The predicted octanol–water partition coefficient (Wildman–Crippen LogP) is 4.10. The summed E-state index contributed by atoms with van der Waals surface area (Å²) in [6, 6.07) is 13.8. The minimum absolute atomic E-state index is 0.0926. The van der Waals surface area contributed by atoms with Gasteiger partial charge < -0.3 is 9.47 Å². The molecule has 2 aromatic rings. The standard InChI is InChI=1S/C19H22O3/c1-14-4-6-16(7-5-14)13-22-19-9-8-17(12-15(19)2)18(20)10-11-21-3/h4-9,12H,10-11,13H2,1-3H3. The third-order valence-electron chi connectivity index (χ3n) is 3.55. The van der Waals surface area contributed by atoms with Crippen molar-refractivity contribution in [3.05, 3.63) is 64.7 Å². The zero-order valence-corrected chi connectivity index (χ0v) is 13.4. The van der Waals surface area contributed by atoms with Gasteiger partial charge in [-0.1, -0.05) is 29.8 Å². The van der Waals surface area contributed by atoms with Crippen LogP contribution in [0.2, 0.25) is 0 Å². The van der Waals surface area contributed by atoms with Gasteiger partial charge in [-0.3, -0.25) is 4.79 Å². The van der Waals surface area contributed by atoms with Crippen molar-refractivity contribution in [2.75, 3.05) is 13.7 Å². The van der Waals surface area contributed by atoms with Crippen LogP contribution in [-0.2, 0) is 11.3 Å². The first kappa shape index (κ1) is 16.2. The van der Waals surface area contributed by atoms with Gasteiger partial charge in [0.25, 0.3) is 0 Å². The molecule has 0 aliphatic heterocycles. The van der Waals surface area contributed by atoms with Crippen molar-refractivity contribution < 1.29 is 14.3 Å². The van der Waals surface area contributed by atoms with E-state index in [2.05, 4.69) is 31.2 Å². The number of aryl methyl sites for hydroxylation is 2. The van der Waals surface area contributed by atoms with Gasteiger partial charge in [0.1, 0.15) is 12.4 Å². The van der Waals surface area contributed by atoms with Gasteiger partial charge in [0.2, 0.25) is 0 Å². The molecule has 0 heterocycles. The lowest BCUT2D eigenvalue weighted by molar-refractivity contribution is 0.0932. The van der Waals surface area contributed by atoms with Crippen LogP contribution in [-0.4, -0.2) is 19.5 Å². The van der Waals surface area contributed by atoms with Crippen LogP contribution < -0.4 is 4.74 Å². The molecule has 0 spiro atoms. The second kappa shape index (κ2) is 7.76. The second-order valence-electron chi connectivity index (χ2n) is 5.42. The summed E-state index contributed by atoms with van der Waals surface area (Å²) >= 11 is 0. The lowest BCUT2D eigenvalue weighted by Crippen LogP contribution is -2.04. The Hall–Kier alpha value is -2.13. The van der Waals surface area contributed by atoms with E-state index in [1.807, 2.05) is 25.1 Å². The summed E-state index contributed by atoms with van der Waals surface area (Å²) in [5, 5.41) is 0. The maximum atomic E-state index is 12.0. The first-order chi connectivity index (χ1) is 10.6. The van der Waals surface area contributed by atoms with Crippen LogP contribution in [0.5, 0.6) is 5.75 Å². The summed E-state index contributed by atoms with van der Waals surface area (Å²) in [7, 11) is 1.60. The molecule has 3 nitrogen and oxygen atoms in total. The van der Waals surface area contributed by atoms with Crippen molar-refractivity contribution in [1.82, 2.24) is 0 Å². The summed E-state index contributed by atoms with van der Waals surface area (Å²) < 4.78 is 10.8. The molecule has 0 saturated carbocycles. The van der Waals surface area contributed by atoms with Crippen molar-refractivity contribution >= 4 is 5.78 Å². The average Bonchev–Trinajstić information content (AvgIpc) is 2.53. The smallest absolute Gasteiger partial charge is 0.165 e. The van der Waals surface area contributed by atoms with E-state index in [9.17, 15) is 4.79 Å². The SMILES string of the molecule is COCCC(=O)c1ccc(OCc2ccc(C)cc2)c(C)c1. The molecule has 0 aliphatic carbocycles. The molecule has 0 amide bonds. The molecule has 2 rings (SSSR count). The molecule has 0 unspecified atom stereocenters. The summed E-state index contributed by atoms with van der Waals surface area (Å²) in [4.78, 5) is 12.0. The van der Waals surface area contributed by atoms with Gasteiger partial charge in [0.05, 0.1) is 6.61 Å². The molecule has 0 atom stereocenters. The average molecular weight is 298 g/mol. The van der Waals surface area contributed by atoms with Crippen LogP contribution in [0.25, 0.3) is 0 Å². The van der Waals surface area contributed by atoms with Crippen LogP contribution in [0, 0.1) is 13.8 Å². The summed E-state index contributed by atoms with van der Waals surface area (Å²) in [6.45, 7) is 4.99. The zero-order valence-electron chi connectivity index (χ0n) is 13.4. The highest BCUT2D eigenvalue weighted by atomic mass is 16.5. The number of rotatable bonds is 7. The van der Waals surface area contributed by atoms with E-state index >= 15 is 0 Å². The lowest BCUT2D eigenvalue weighted by atomic mass is 10.1. The number of methoxy groups -OCH3 is 1. The minimum atomic E-state index is 0.0926. The predicted molar refractivity (Wildman–Crippen MR) is 87.5 cm³/mol. The molecule has 3 heteroatoms. The highest BCUT2D eigenvalue weighted by molar-refractivity contribution is 5.96. The van der Waals surface area contributed by atoms with Crippen LogP contribution in [0.15, 0.2) is 42.5 Å². The van der Waals surface area contributed by atoms with Gasteiger partial charge in [0, 0.05) is 19.1 Å². The fraction of sp³-hybridized carbons (Fsp3) is 0.316. The number of carbonyl (C=O) groups excluding carboxylic acids is 1. The maximum Gasteiger partial charge on any atom is 0.165 e. The van der Waals surface area contributed by atoms with E-state index in [1.54, 1.807) is 7.11 Å². The first-order valence-electron chi connectivity index (χ1n) is 7.41. The van der Waals surface area contributed by atoms with Crippen LogP contribution in [0.3, 0.4) is 0 Å². The largest absolute Gasteiger partial charge is 0.489 e. The molecule has 0 aromatic heterocycles. The highest BCUT2D eigenvalue weighted by Gasteiger charge is 2.08. The van der Waals surface area contributed by atoms with E-state index < -0.39 is 0 Å². The monoisotopic (exact) mass is 298 g/mol. The number of ketones is 1. The molecular formula is C19H22O3. The topological polar surface area (TPSA) is 35.5 Å². The van der Waals surface area contributed by atoms with E-state index in [1.165, 1.54) is 5.56 Å². The zero-order chi connectivity index (χ0) is 15.9.